The Hall–Kier alpha value is -0.460. The Morgan fingerprint density at radius 1 is 1.03 bits per heavy atom. The molecule has 4 aliphatic rings. The smallest absolute Gasteiger partial charge is 0.0809 e. The second kappa shape index (κ2) is 9.06. The Bertz CT molecular complexity index is 655. The standard InChI is InChI=1S/C26H46N2O3/c1-24-12-10-21(29)18-20(24)7-8-23-22(24)11-13-25(2)19(9-14-26(23,25)30)6-5-15-27-31-17-16-28(3)4/h5-6,19-23,27,29-30H,7-18H2,1-4H3/b6-5+/t19-,20+,21-,22-,23+,24-,25+,26-/m0/s1. The Balaban J connectivity index is 1.40. The second-order valence-electron chi connectivity index (χ2n) is 11.9. The Morgan fingerprint density at radius 3 is 2.61 bits per heavy atom. The van der Waals surface area contributed by atoms with Gasteiger partial charge in [-0.15, -0.1) is 0 Å². The molecule has 5 nitrogen and oxygen atoms in total. The SMILES string of the molecule is CN(C)CCONC/C=C/[C@H]1CC[C@]2(O)[C@@H]3CC[C@@H]4C[C@@H](O)CC[C@]4(C)[C@H]3CC[C@]12C. The van der Waals surface area contributed by atoms with Crippen molar-refractivity contribution in [3.05, 3.63) is 12.2 Å². The largest absolute Gasteiger partial charge is 0.393 e. The van der Waals surface area contributed by atoms with Crippen molar-refractivity contribution < 1.29 is 15.1 Å². The summed E-state index contributed by atoms with van der Waals surface area (Å²) in [5.74, 6) is 2.13. The maximum Gasteiger partial charge on any atom is 0.0809 e. The molecule has 4 aliphatic carbocycles. The maximum atomic E-state index is 12.2. The van der Waals surface area contributed by atoms with Crippen LogP contribution in [0.25, 0.3) is 0 Å². The third-order valence-electron chi connectivity index (χ3n) is 10.2. The van der Waals surface area contributed by atoms with Crippen molar-refractivity contribution in [1.29, 1.82) is 0 Å². The van der Waals surface area contributed by atoms with Crippen LogP contribution in [0, 0.1) is 34.5 Å². The topological polar surface area (TPSA) is 65.0 Å². The van der Waals surface area contributed by atoms with Crippen molar-refractivity contribution in [3.8, 4) is 0 Å². The molecule has 4 rings (SSSR count). The highest BCUT2D eigenvalue weighted by molar-refractivity contribution is 5.19. The molecule has 5 heteroatoms. The van der Waals surface area contributed by atoms with Crippen LogP contribution in [0.2, 0.25) is 0 Å². The molecule has 178 valence electrons. The molecule has 0 heterocycles. The van der Waals surface area contributed by atoms with E-state index >= 15 is 0 Å². The predicted molar refractivity (Wildman–Crippen MR) is 124 cm³/mol. The minimum Gasteiger partial charge on any atom is -0.393 e. The molecule has 3 N–H and O–H groups in total. The molecule has 0 saturated heterocycles. The van der Waals surface area contributed by atoms with E-state index in [1.807, 2.05) is 14.1 Å². The van der Waals surface area contributed by atoms with Crippen LogP contribution in [-0.4, -0.2) is 60.6 Å². The molecule has 0 aromatic carbocycles. The molecule has 4 saturated carbocycles. The van der Waals surface area contributed by atoms with Crippen molar-refractivity contribution in [1.82, 2.24) is 10.4 Å². The van der Waals surface area contributed by atoms with Gasteiger partial charge in [0.05, 0.1) is 18.3 Å². The van der Waals surface area contributed by atoms with Gasteiger partial charge in [-0.05, 0) is 101 Å². The Kier molecular flexibility index (Phi) is 6.92. The van der Waals surface area contributed by atoms with Gasteiger partial charge in [-0.1, -0.05) is 26.0 Å². The van der Waals surface area contributed by atoms with Crippen LogP contribution in [-0.2, 0) is 4.84 Å². The number of aliphatic hydroxyl groups is 2. The molecular formula is C26H46N2O3. The third-order valence-corrected chi connectivity index (χ3v) is 10.2. The van der Waals surface area contributed by atoms with Crippen LogP contribution in [0.3, 0.4) is 0 Å². The summed E-state index contributed by atoms with van der Waals surface area (Å²) >= 11 is 0. The summed E-state index contributed by atoms with van der Waals surface area (Å²) in [5.41, 5.74) is 2.80. The summed E-state index contributed by atoms with van der Waals surface area (Å²) in [6.07, 6.45) is 14.2. The van der Waals surface area contributed by atoms with E-state index in [1.165, 1.54) is 12.8 Å². The van der Waals surface area contributed by atoms with Gasteiger partial charge in [0.2, 0.25) is 0 Å². The highest BCUT2D eigenvalue weighted by Crippen LogP contribution is 2.69. The van der Waals surface area contributed by atoms with Gasteiger partial charge in [0.1, 0.15) is 0 Å². The first-order chi connectivity index (χ1) is 14.7. The summed E-state index contributed by atoms with van der Waals surface area (Å²) in [4.78, 5) is 7.60. The zero-order chi connectivity index (χ0) is 22.3. The van der Waals surface area contributed by atoms with E-state index in [0.29, 0.717) is 42.2 Å². The number of fused-ring (bicyclic) bond motifs is 5. The lowest BCUT2D eigenvalue weighted by Gasteiger charge is -2.63. The summed E-state index contributed by atoms with van der Waals surface area (Å²) in [6, 6.07) is 0. The molecule has 0 spiro atoms. The van der Waals surface area contributed by atoms with Gasteiger partial charge < -0.3 is 20.0 Å². The van der Waals surface area contributed by atoms with Crippen molar-refractivity contribution in [2.24, 2.45) is 34.5 Å². The normalized spacial score (nSPS) is 47.4. The fraction of sp³-hybridized carbons (Fsp3) is 0.923. The van der Waals surface area contributed by atoms with Crippen LogP contribution >= 0.6 is 0 Å². The minimum absolute atomic E-state index is 0.0200. The van der Waals surface area contributed by atoms with Crippen LogP contribution in [0.4, 0.5) is 0 Å². The first-order valence-corrected chi connectivity index (χ1v) is 12.8. The van der Waals surface area contributed by atoms with Crippen LogP contribution in [0.1, 0.15) is 71.6 Å². The van der Waals surface area contributed by atoms with Crippen LogP contribution in [0.15, 0.2) is 12.2 Å². The Morgan fingerprint density at radius 2 is 1.84 bits per heavy atom. The summed E-state index contributed by atoms with van der Waals surface area (Å²) < 4.78 is 0. The number of allylic oxidation sites excluding steroid dienone is 1. The number of hydrogen-bond acceptors (Lipinski definition) is 5. The number of likely N-dealkylation sites (N-methyl/N-ethyl adjacent to an activating group) is 1. The second-order valence-corrected chi connectivity index (χ2v) is 11.9. The van der Waals surface area contributed by atoms with E-state index in [2.05, 4.69) is 36.4 Å². The van der Waals surface area contributed by atoms with Gasteiger partial charge in [-0.25, -0.2) is 0 Å². The van der Waals surface area contributed by atoms with Gasteiger partial charge >= 0.3 is 0 Å². The fourth-order valence-corrected chi connectivity index (χ4v) is 8.19. The van der Waals surface area contributed by atoms with E-state index in [9.17, 15) is 10.2 Å². The quantitative estimate of drug-likeness (QED) is 0.323. The van der Waals surface area contributed by atoms with Gasteiger partial charge in [0.25, 0.3) is 0 Å². The van der Waals surface area contributed by atoms with E-state index in [-0.39, 0.29) is 11.5 Å². The predicted octanol–water partition coefficient (Wildman–Crippen LogP) is 3.76. The fourth-order valence-electron chi connectivity index (χ4n) is 8.19. The van der Waals surface area contributed by atoms with Crippen molar-refractivity contribution in [2.45, 2.75) is 83.3 Å². The van der Waals surface area contributed by atoms with E-state index < -0.39 is 5.60 Å². The molecule has 31 heavy (non-hydrogen) atoms. The molecule has 8 atom stereocenters. The molecule has 0 aliphatic heterocycles. The van der Waals surface area contributed by atoms with E-state index in [4.69, 9.17) is 4.84 Å². The molecule has 4 fully saturated rings. The van der Waals surface area contributed by atoms with Crippen molar-refractivity contribution in [3.63, 3.8) is 0 Å². The first-order valence-electron chi connectivity index (χ1n) is 12.8. The third kappa shape index (κ3) is 4.14. The lowest BCUT2D eigenvalue weighted by molar-refractivity contribution is -0.207. The van der Waals surface area contributed by atoms with Crippen molar-refractivity contribution >= 4 is 0 Å². The van der Waals surface area contributed by atoms with E-state index in [0.717, 1.165) is 51.5 Å². The van der Waals surface area contributed by atoms with Crippen LogP contribution in [0.5, 0.6) is 0 Å². The zero-order valence-electron chi connectivity index (χ0n) is 20.3. The number of rotatable bonds is 7. The van der Waals surface area contributed by atoms with Crippen molar-refractivity contribution in [2.75, 3.05) is 33.8 Å². The highest BCUT2D eigenvalue weighted by Gasteiger charge is 2.66. The number of nitrogens with one attached hydrogen (secondary N) is 1. The average molecular weight is 435 g/mol. The number of aliphatic hydroxyl groups excluding tert-OH is 1. The lowest BCUT2D eigenvalue weighted by atomic mass is 9.43. The van der Waals surface area contributed by atoms with E-state index in [1.54, 1.807) is 0 Å². The molecule has 0 amide bonds. The average Bonchev–Trinajstić information content (AvgIpc) is 2.99. The molecule has 0 unspecified atom stereocenters. The molecule has 0 aromatic rings. The molecule has 0 aromatic heterocycles. The molecule has 0 bridgehead atoms. The van der Waals surface area contributed by atoms with Gasteiger partial charge in [-0.3, -0.25) is 0 Å². The lowest BCUT2D eigenvalue weighted by Crippen LogP contribution is -2.62. The summed E-state index contributed by atoms with van der Waals surface area (Å²) in [5, 5.41) is 22.4. The van der Waals surface area contributed by atoms with Gasteiger partial charge in [0.15, 0.2) is 0 Å². The minimum atomic E-state index is -0.537. The molecular weight excluding hydrogens is 388 g/mol. The number of hydrogen-bond donors (Lipinski definition) is 3. The first kappa shape index (κ1) is 23.7. The number of nitrogens with zero attached hydrogens (tertiary/aromatic N) is 1. The zero-order valence-corrected chi connectivity index (χ0v) is 20.3. The van der Waals surface area contributed by atoms with Gasteiger partial charge in [-0.2, -0.15) is 5.48 Å². The summed E-state index contributed by atoms with van der Waals surface area (Å²) in [6.45, 7) is 7.16. The maximum absolute atomic E-state index is 12.2. The Labute approximate surface area is 189 Å². The molecule has 0 radical (unpaired) electrons. The monoisotopic (exact) mass is 434 g/mol. The number of hydroxylamine groups is 1. The highest BCUT2D eigenvalue weighted by atomic mass is 16.6. The van der Waals surface area contributed by atoms with Crippen LogP contribution < -0.4 is 5.48 Å². The summed E-state index contributed by atoms with van der Waals surface area (Å²) in [7, 11) is 4.09. The van der Waals surface area contributed by atoms with Gasteiger partial charge in [0, 0.05) is 18.5 Å².